The van der Waals surface area contributed by atoms with Gasteiger partial charge in [-0.15, -0.1) is 5.10 Å². The second-order valence-electron chi connectivity index (χ2n) is 4.53. The molecule has 1 heterocycles. The molecule has 0 atom stereocenters. The van der Waals surface area contributed by atoms with Crippen LogP contribution in [0.3, 0.4) is 0 Å². The number of amidine groups is 1. The monoisotopic (exact) mass is 213 g/mol. The fourth-order valence-electron chi connectivity index (χ4n) is 2.04. The molecule has 0 spiro atoms. The second kappa shape index (κ2) is 3.74. The summed E-state index contributed by atoms with van der Waals surface area (Å²) in [6, 6.07) is 8.75. The first-order valence-electron chi connectivity index (χ1n) is 5.82. The van der Waals surface area contributed by atoms with Crippen LogP contribution in [-0.4, -0.2) is 11.5 Å². The second-order valence-corrected chi connectivity index (χ2v) is 4.53. The van der Waals surface area contributed by atoms with Crippen LogP contribution in [0, 0.1) is 0 Å². The van der Waals surface area contributed by atoms with E-state index in [9.17, 15) is 0 Å². The summed E-state index contributed by atoms with van der Waals surface area (Å²) in [5.41, 5.74) is 9.28. The Kier molecular flexibility index (Phi) is 2.24. The predicted molar refractivity (Wildman–Crippen MR) is 65.8 cm³/mol. The van der Waals surface area contributed by atoms with Gasteiger partial charge in [-0.25, -0.2) is 0 Å². The van der Waals surface area contributed by atoms with Crippen molar-refractivity contribution in [1.29, 1.82) is 0 Å². The van der Waals surface area contributed by atoms with Gasteiger partial charge in [0.15, 0.2) is 0 Å². The van der Waals surface area contributed by atoms with E-state index in [0.29, 0.717) is 5.84 Å². The molecule has 1 saturated carbocycles. The van der Waals surface area contributed by atoms with Crippen LogP contribution in [0.4, 0.5) is 0 Å². The number of hydrogen-bond acceptors (Lipinski definition) is 3. The summed E-state index contributed by atoms with van der Waals surface area (Å²) in [4.78, 5) is 0. The maximum absolute atomic E-state index is 5.59. The van der Waals surface area contributed by atoms with Crippen LogP contribution in [0.2, 0.25) is 0 Å². The van der Waals surface area contributed by atoms with Gasteiger partial charge in [-0.05, 0) is 36.3 Å². The third-order valence-electron chi connectivity index (χ3n) is 3.21. The van der Waals surface area contributed by atoms with E-state index in [1.165, 1.54) is 24.0 Å². The van der Waals surface area contributed by atoms with E-state index in [1.807, 2.05) is 0 Å². The minimum Gasteiger partial charge on any atom is -0.386 e. The highest BCUT2D eigenvalue weighted by molar-refractivity contribution is 6.04. The standard InChI is InChI=1S/C13H15N3/c14-13-8-7-12(15-16-13)11-5-3-10(4-6-11)9-1-2-9/h3-6,9H,1-2,7-8H2,(H2,14,16). The average molecular weight is 213 g/mol. The molecule has 1 aliphatic heterocycles. The molecule has 1 aromatic rings. The molecule has 0 bridgehead atoms. The molecule has 2 aliphatic rings. The lowest BCUT2D eigenvalue weighted by molar-refractivity contribution is 1.02. The number of nitrogens with zero attached hydrogens (tertiary/aromatic N) is 2. The normalized spacial score (nSPS) is 20.2. The van der Waals surface area contributed by atoms with Crippen LogP contribution < -0.4 is 5.73 Å². The molecule has 0 unspecified atom stereocenters. The maximum atomic E-state index is 5.59. The number of benzene rings is 1. The van der Waals surface area contributed by atoms with Crippen LogP contribution >= 0.6 is 0 Å². The zero-order chi connectivity index (χ0) is 11.0. The zero-order valence-electron chi connectivity index (χ0n) is 9.19. The molecule has 1 aliphatic carbocycles. The summed E-state index contributed by atoms with van der Waals surface area (Å²) in [7, 11) is 0. The number of nitrogens with two attached hydrogens (primary N) is 1. The molecule has 0 radical (unpaired) electrons. The first-order chi connectivity index (χ1) is 7.83. The highest BCUT2D eigenvalue weighted by Crippen LogP contribution is 2.39. The predicted octanol–water partition coefficient (Wildman–Crippen LogP) is 2.42. The third kappa shape index (κ3) is 1.85. The SMILES string of the molecule is NC1=NN=C(c2ccc(C3CC3)cc2)CC1. The maximum Gasteiger partial charge on any atom is 0.122 e. The van der Waals surface area contributed by atoms with Gasteiger partial charge in [0, 0.05) is 6.42 Å². The zero-order valence-corrected chi connectivity index (χ0v) is 9.19. The van der Waals surface area contributed by atoms with Gasteiger partial charge in [0.05, 0.1) is 5.71 Å². The molecule has 3 nitrogen and oxygen atoms in total. The summed E-state index contributed by atoms with van der Waals surface area (Å²) in [6.45, 7) is 0. The Hall–Kier alpha value is -1.64. The number of rotatable bonds is 2. The van der Waals surface area contributed by atoms with Crippen molar-refractivity contribution in [3.05, 3.63) is 35.4 Å². The van der Waals surface area contributed by atoms with E-state index in [0.717, 1.165) is 24.5 Å². The van der Waals surface area contributed by atoms with Gasteiger partial charge in [-0.3, -0.25) is 0 Å². The van der Waals surface area contributed by atoms with Gasteiger partial charge in [0.2, 0.25) is 0 Å². The van der Waals surface area contributed by atoms with E-state index < -0.39 is 0 Å². The molecule has 1 fully saturated rings. The molecule has 82 valence electrons. The topological polar surface area (TPSA) is 50.7 Å². The molecule has 0 saturated heterocycles. The lowest BCUT2D eigenvalue weighted by atomic mass is 10.0. The van der Waals surface area contributed by atoms with E-state index in [2.05, 4.69) is 34.5 Å². The molecular weight excluding hydrogens is 198 g/mol. The third-order valence-corrected chi connectivity index (χ3v) is 3.21. The van der Waals surface area contributed by atoms with Crippen LogP contribution in [0.1, 0.15) is 42.7 Å². The molecule has 0 amide bonds. The summed E-state index contributed by atoms with van der Waals surface area (Å²) < 4.78 is 0. The highest BCUT2D eigenvalue weighted by atomic mass is 15.2. The summed E-state index contributed by atoms with van der Waals surface area (Å²) >= 11 is 0. The van der Waals surface area contributed by atoms with Gasteiger partial charge in [0.1, 0.15) is 5.84 Å². The van der Waals surface area contributed by atoms with Gasteiger partial charge in [-0.1, -0.05) is 24.3 Å². The van der Waals surface area contributed by atoms with Crippen molar-refractivity contribution in [2.24, 2.45) is 15.9 Å². The Labute approximate surface area is 95.1 Å². The van der Waals surface area contributed by atoms with Gasteiger partial charge in [0.25, 0.3) is 0 Å². The van der Waals surface area contributed by atoms with Crippen molar-refractivity contribution < 1.29 is 0 Å². The molecule has 2 N–H and O–H groups in total. The van der Waals surface area contributed by atoms with Gasteiger partial charge < -0.3 is 5.73 Å². The van der Waals surface area contributed by atoms with Crippen LogP contribution in [0.15, 0.2) is 34.5 Å². The molecule has 3 rings (SSSR count). The lowest BCUT2D eigenvalue weighted by Gasteiger charge is -2.09. The Morgan fingerprint density at radius 3 is 2.31 bits per heavy atom. The van der Waals surface area contributed by atoms with E-state index in [4.69, 9.17) is 5.73 Å². The van der Waals surface area contributed by atoms with Gasteiger partial charge in [-0.2, -0.15) is 5.10 Å². The molecule has 0 aromatic heterocycles. The van der Waals surface area contributed by atoms with Crippen molar-refractivity contribution >= 4 is 11.5 Å². The summed E-state index contributed by atoms with van der Waals surface area (Å²) in [5.74, 6) is 1.45. The van der Waals surface area contributed by atoms with Crippen molar-refractivity contribution in [2.75, 3.05) is 0 Å². The Morgan fingerprint density at radius 2 is 1.75 bits per heavy atom. The van der Waals surface area contributed by atoms with Crippen LogP contribution in [-0.2, 0) is 0 Å². The largest absolute Gasteiger partial charge is 0.386 e. The first-order valence-corrected chi connectivity index (χ1v) is 5.82. The first kappa shape index (κ1) is 9.58. The minimum atomic E-state index is 0.637. The van der Waals surface area contributed by atoms with Crippen molar-refractivity contribution in [1.82, 2.24) is 0 Å². The average Bonchev–Trinajstić information content (AvgIpc) is 3.14. The Morgan fingerprint density at radius 1 is 1.00 bits per heavy atom. The van der Waals surface area contributed by atoms with Crippen LogP contribution in [0.25, 0.3) is 0 Å². The minimum absolute atomic E-state index is 0.637. The van der Waals surface area contributed by atoms with Gasteiger partial charge >= 0.3 is 0 Å². The lowest BCUT2D eigenvalue weighted by Crippen LogP contribution is -2.17. The fraction of sp³-hybridized carbons (Fsp3) is 0.385. The Bertz CT molecular complexity index is 453. The van der Waals surface area contributed by atoms with Crippen molar-refractivity contribution in [2.45, 2.75) is 31.6 Å². The van der Waals surface area contributed by atoms with E-state index in [1.54, 1.807) is 0 Å². The van der Waals surface area contributed by atoms with Crippen molar-refractivity contribution in [3.63, 3.8) is 0 Å². The quantitative estimate of drug-likeness (QED) is 0.805. The molecule has 3 heteroatoms. The summed E-state index contributed by atoms with van der Waals surface area (Å²) in [5, 5.41) is 8.09. The smallest absolute Gasteiger partial charge is 0.122 e. The Balaban J connectivity index is 1.84. The number of hydrogen-bond donors (Lipinski definition) is 1. The summed E-state index contributed by atoms with van der Waals surface area (Å²) in [6.07, 6.45) is 4.42. The fourth-order valence-corrected chi connectivity index (χ4v) is 2.04. The molecular formula is C13H15N3. The van der Waals surface area contributed by atoms with Crippen molar-refractivity contribution in [3.8, 4) is 0 Å². The highest BCUT2D eigenvalue weighted by Gasteiger charge is 2.23. The van der Waals surface area contributed by atoms with Crippen LogP contribution in [0.5, 0.6) is 0 Å². The molecule has 1 aromatic carbocycles. The molecule has 16 heavy (non-hydrogen) atoms. The van der Waals surface area contributed by atoms with E-state index >= 15 is 0 Å². The van der Waals surface area contributed by atoms with E-state index in [-0.39, 0.29) is 0 Å².